The maximum absolute atomic E-state index is 10.2. The molecule has 0 spiro atoms. The average molecular weight is 315 g/mol. The van der Waals surface area contributed by atoms with E-state index in [4.69, 9.17) is 0 Å². The van der Waals surface area contributed by atoms with E-state index in [2.05, 4.69) is 19.1 Å². The molecule has 5 N–H and O–H groups in total. The Balaban J connectivity index is 0. The van der Waals surface area contributed by atoms with E-state index in [-0.39, 0.29) is 18.7 Å². The fourth-order valence-electron chi connectivity index (χ4n) is 2.36. The molecule has 0 fully saturated rings. The van der Waals surface area contributed by atoms with Gasteiger partial charge in [-0.05, 0) is 38.5 Å². The number of hydrogen-bond acceptors (Lipinski definition) is 3. The lowest BCUT2D eigenvalue weighted by atomic mass is 10.1. The molecule has 0 saturated carbocycles. The molecule has 0 radical (unpaired) electrons. The van der Waals surface area contributed by atoms with E-state index in [0.717, 1.165) is 57.8 Å². The van der Waals surface area contributed by atoms with Crippen LogP contribution in [0.5, 0.6) is 0 Å². The summed E-state index contributed by atoms with van der Waals surface area (Å²) in [7, 11) is 0. The number of allylic oxidation sites excluding steroid dienone is 1. The number of carbonyl (C=O) groups is 1. The van der Waals surface area contributed by atoms with Crippen LogP contribution in [0.4, 0.5) is 0 Å². The van der Waals surface area contributed by atoms with Gasteiger partial charge < -0.3 is 21.2 Å². The number of quaternary nitrogens is 1. The van der Waals surface area contributed by atoms with Gasteiger partial charge in [0.2, 0.25) is 0 Å². The van der Waals surface area contributed by atoms with Crippen molar-refractivity contribution in [1.29, 1.82) is 0 Å². The minimum absolute atomic E-state index is 0. The molecule has 0 aliphatic carbocycles. The number of aliphatic hydroxyl groups excluding tert-OH is 1. The van der Waals surface area contributed by atoms with Crippen molar-refractivity contribution >= 4 is 5.97 Å². The summed E-state index contributed by atoms with van der Waals surface area (Å²) >= 11 is 0. The van der Waals surface area contributed by atoms with Gasteiger partial charge in [-0.3, -0.25) is 0 Å². The molecule has 1 atom stereocenters. The van der Waals surface area contributed by atoms with Crippen LogP contribution in [0.15, 0.2) is 12.2 Å². The summed E-state index contributed by atoms with van der Waals surface area (Å²) in [6.07, 6.45) is 17.0. The van der Waals surface area contributed by atoms with E-state index < -0.39 is 5.97 Å². The molecule has 0 amide bonds. The highest BCUT2D eigenvalue weighted by Gasteiger charge is 2.00. The maximum atomic E-state index is 10.2. The molecular weight excluding hydrogens is 278 g/mol. The zero-order chi connectivity index (χ0) is 15.8. The van der Waals surface area contributed by atoms with Crippen LogP contribution in [0, 0.1) is 0 Å². The summed E-state index contributed by atoms with van der Waals surface area (Å²) in [4.78, 5) is 10.2. The van der Waals surface area contributed by atoms with Crippen LogP contribution in [-0.2, 0) is 4.79 Å². The second kappa shape index (κ2) is 18.2. The highest BCUT2D eigenvalue weighted by Crippen LogP contribution is 2.10. The van der Waals surface area contributed by atoms with Crippen LogP contribution in [-0.4, -0.2) is 17.2 Å². The van der Waals surface area contributed by atoms with Gasteiger partial charge in [-0.25, -0.2) is 0 Å². The Morgan fingerprint density at radius 2 is 1.64 bits per heavy atom. The largest absolute Gasteiger partial charge is 0.550 e. The van der Waals surface area contributed by atoms with Gasteiger partial charge >= 0.3 is 0 Å². The predicted octanol–water partition coefficient (Wildman–Crippen LogP) is 4.12. The fourth-order valence-corrected chi connectivity index (χ4v) is 2.36. The molecule has 22 heavy (non-hydrogen) atoms. The van der Waals surface area contributed by atoms with Crippen molar-refractivity contribution in [2.45, 2.75) is 96.5 Å². The maximum Gasteiger partial charge on any atom is 0.0574 e. The topological polar surface area (TPSA) is 96.9 Å². The first-order valence-electron chi connectivity index (χ1n) is 8.69. The Hall–Kier alpha value is -0.870. The van der Waals surface area contributed by atoms with Crippen molar-refractivity contribution in [3.63, 3.8) is 0 Å². The van der Waals surface area contributed by atoms with Gasteiger partial charge in [-0.15, -0.1) is 0 Å². The van der Waals surface area contributed by atoms with Crippen molar-refractivity contribution in [3.05, 3.63) is 12.2 Å². The zero-order valence-electron chi connectivity index (χ0n) is 14.7. The first-order chi connectivity index (χ1) is 10.2. The number of carbonyl (C=O) groups excluding carboxylic acids is 1. The van der Waals surface area contributed by atoms with Gasteiger partial charge in [0.1, 0.15) is 0 Å². The first-order valence-corrected chi connectivity index (χ1v) is 8.69. The molecule has 0 rings (SSSR count). The lowest BCUT2D eigenvalue weighted by molar-refractivity contribution is -0.305. The fraction of sp³-hybridized carbons (Fsp3) is 0.833. The highest BCUT2D eigenvalue weighted by molar-refractivity contribution is 5.63. The smallest absolute Gasteiger partial charge is 0.0574 e. The van der Waals surface area contributed by atoms with E-state index in [1.54, 1.807) is 0 Å². The van der Waals surface area contributed by atoms with Crippen molar-refractivity contribution in [2.75, 3.05) is 0 Å². The monoisotopic (exact) mass is 315 g/mol. The molecule has 132 valence electrons. The Morgan fingerprint density at radius 3 is 2.32 bits per heavy atom. The predicted molar refractivity (Wildman–Crippen MR) is 91.8 cm³/mol. The summed E-state index contributed by atoms with van der Waals surface area (Å²) in [6, 6.07) is 0. The van der Waals surface area contributed by atoms with Crippen LogP contribution in [0.2, 0.25) is 0 Å². The number of carboxylic acid groups (broad SMARTS) is 1. The third-order valence-electron chi connectivity index (χ3n) is 3.72. The molecule has 0 aromatic rings. The number of aliphatic hydroxyl groups is 1. The summed E-state index contributed by atoms with van der Waals surface area (Å²) in [5.41, 5.74) is 0. The van der Waals surface area contributed by atoms with Crippen molar-refractivity contribution in [3.8, 4) is 0 Å². The van der Waals surface area contributed by atoms with Crippen molar-refractivity contribution < 1.29 is 15.0 Å². The molecule has 0 aliphatic rings. The number of unbranched alkanes of at least 4 members (excludes halogenated alkanes) is 8. The van der Waals surface area contributed by atoms with Crippen molar-refractivity contribution in [1.82, 2.24) is 6.15 Å². The van der Waals surface area contributed by atoms with E-state index in [9.17, 15) is 15.0 Å². The van der Waals surface area contributed by atoms with Crippen LogP contribution < -0.4 is 11.3 Å². The van der Waals surface area contributed by atoms with Crippen molar-refractivity contribution in [2.24, 2.45) is 0 Å². The van der Waals surface area contributed by atoms with Crippen LogP contribution in [0.1, 0.15) is 90.4 Å². The third-order valence-corrected chi connectivity index (χ3v) is 3.72. The second-order valence-corrected chi connectivity index (χ2v) is 5.89. The van der Waals surface area contributed by atoms with Crippen LogP contribution in [0.3, 0.4) is 0 Å². The Bertz CT molecular complexity index is 267. The molecule has 0 aromatic heterocycles. The molecule has 0 aliphatic heterocycles. The van der Waals surface area contributed by atoms with Gasteiger partial charge in [0.25, 0.3) is 0 Å². The molecule has 0 aromatic carbocycles. The second-order valence-electron chi connectivity index (χ2n) is 5.89. The Morgan fingerprint density at radius 1 is 1.00 bits per heavy atom. The number of carboxylic acids is 1. The third kappa shape index (κ3) is 19.1. The summed E-state index contributed by atoms with van der Waals surface area (Å²) < 4.78 is 0. The Labute approximate surface area is 136 Å². The number of hydrogen-bond donors (Lipinski definition) is 2. The number of rotatable bonds is 15. The molecule has 0 saturated heterocycles. The minimum Gasteiger partial charge on any atom is -0.550 e. The lowest BCUT2D eigenvalue weighted by Gasteiger charge is -2.07. The highest BCUT2D eigenvalue weighted by atomic mass is 16.4. The lowest BCUT2D eigenvalue weighted by Crippen LogP contribution is -2.21. The first kappa shape index (κ1) is 23.4. The van der Waals surface area contributed by atoms with E-state index >= 15 is 0 Å². The molecule has 0 unspecified atom stereocenters. The average Bonchev–Trinajstić information content (AvgIpc) is 2.45. The molecule has 0 heterocycles. The van der Waals surface area contributed by atoms with Crippen LogP contribution >= 0.6 is 0 Å². The van der Waals surface area contributed by atoms with Gasteiger partial charge in [0, 0.05) is 5.97 Å². The summed E-state index contributed by atoms with van der Waals surface area (Å²) in [5, 5.41) is 20.0. The van der Waals surface area contributed by atoms with Gasteiger partial charge in [0.15, 0.2) is 0 Å². The quantitative estimate of drug-likeness (QED) is 0.351. The minimum atomic E-state index is -0.939. The standard InChI is InChI=1S/C18H34O3.H3N/c1-2-3-4-11-14-17(19)15-12-9-7-5-6-8-10-13-16-18(20)21;/h9,12,17,19H,2-8,10-11,13-16H2,1H3,(H,20,21);1H3/t17-;/m1./s1. The number of aliphatic carboxylic acids is 1. The molecular formula is C18H37NO3. The van der Waals surface area contributed by atoms with E-state index in [0.29, 0.717) is 0 Å². The van der Waals surface area contributed by atoms with E-state index in [1.807, 2.05) is 0 Å². The van der Waals surface area contributed by atoms with Gasteiger partial charge in [-0.1, -0.05) is 64.0 Å². The molecule has 4 heteroatoms. The van der Waals surface area contributed by atoms with Crippen LogP contribution in [0.25, 0.3) is 0 Å². The molecule has 0 bridgehead atoms. The summed E-state index contributed by atoms with van der Waals surface area (Å²) in [5.74, 6) is -0.939. The van der Waals surface area contributed by atoms with Gasteiger partial charge in [-0.2, -0.15) is 0 Å². The Kier molecular flexibility index (Phi) is 19.3. The van der Waals surface area contributed by atoms with E-state index in [1.165, 1.54) is 19.3 Å². The molecule has 4 nitrogen and oxygen atoms in total. The van der Waals surface area contributed by atoms with Gasteiger partial charge in [0.05, 0.1) is 6.10 Å². The summed E-state index contributed by atoms with van der Waals surface area (Å²) in [6.45, 7) is 2.20. The normalized spacial score (nSPS) is 12.3. The zero-order valence-corrected chi connectivity index (χ0v) is 14.7. The SMILES string of the molecule is CCCCCC[C@@H](O)CC=CCCCCCCCC(=O)[O-].[NH4+].